The van der Waals surface area contributed by atoms with E-state index in [4.69, 9.17) is 9.47 Å². The molecule has 1 atom stereocenters. The lowest BCUT2D eigenvalue weighted by atomic mass is 10.1. The number of para-hydroxylation sites is 1. The van der Waals surface area contributed by atoms with Crippen LogP contribution in [0, 0.1) is 11.3 Å². The summed E-state index contributed by atoms with van der Waals surface area (Å²) in [6.07, 6.45) is 0.973. The first-order valence-electron chi connectivity index (χ1n) is 23.3. The lowest BCUT2D eigenvalue weighted by Crippen LogP contribution is -2.49. The summed E-state index contributed by atoms with van der Waals surface area (Å²) in [6, 6.07) is 13.4. The molecule has 3 heterocycles. The Morgan fingerprint density at radius 1 is 0.726 bits per heavy atom. The number of benzene rings is 2. The largest absolute Gasteiger partial charge is 0.491 e. The summed E-state index contributed by atoms with van der Waals surface area (Å²) in [5, 5.41) is 48.5. The van der Waals surface area contributed by atoms with E-state index in [1.807, 2.05) is 4.90 Å². The summed E-state index contributed by atoms with van der Waals surface area (Å²) in [6.45, 7) is -0.568. The Kier molecular flexibility index (Phi) is 21.6. The van der Waals surface area contributed by atoms with Crippen LogP contribution >= 0.6 is 0 Å². The number of hydrogen-bond donors (Lipinski definition) is 7. The quantitative estimate of drug-likeness (QED) is 0.0581. The van der Waals surface area contributed by atoms with Crippen molar-refractivity contribution in [3.8, 4) is 11.8 Å². The van der Waals surface area contributed by atoms with Crippen molar-refractivity contribution in [3.05, 3.63) is 65.9 Å². The summed E-state index contributed by atoms with van der Waals surface area (Å²) < 4.78 is 38.7. The van der Waals surface area contributed by atoms with E-state index in [-0.39, 0.29) is 96.6 Å². The van der Waals surface area contributed by atoms with Crippen LogP contribution in [0.25, 0.3) is 10.9 Å². The summed E-state index contributed by atoms with van der Waals surface area (Å²) in [5.41, 5.74) is 1.65. The summed E-state index contributed by atoms with van der Waals surface area (Å²) >= 11 is 0. The maximum atomic E-state index is 13.8. The molecular formula is C47H59F2N11O13. The molecule has 2 aromatic carbocycles. The first-order valence-corrected chi connectivity index (χ1v) is 23.3. The molecule has 7 N–H and O–H groups in total. The van der Waals surface area contributed by atoms with E-state index in [0.717, 1.165) is 4.90 Å². The number of nitrogens with one attached hydrogen (secondary N) is 4. The molecule has 0 bridgehead atoms. The average molecular weight is 1020 g/mol. The van der Waals surface area contributed by atoms with Gasteiger partial charge in [0.05, 0.1) is 57.5 Å². The monoisotopic (exact) mass is 1020 g/mol. The van der Waals surface area contributed by atoms with E-state index in [9.17, 15) is 67.7 Å². The summed E-state index contributed by atoms with van der Waals surface area (Å²) in [4.78, 5) is 110. The van der Waals surface area contributed by atoms with Gasteiger partial charge in [-0.05, 0) is 36.2 Å². The molecule has 1 aromatic heterocycles. The molecule has 26 heteroatoms. The van der Waals surface area contributed by atoms with Crippen LogP contribution in [0.4, 0.5) is 14.5 Å². The number of alkyl halides is 2. The molecule has 73 heavy (non-hydrogen) atoms. The van der Waals surface area contributed by atoms with Crippen LogP contribution in [0.2, 0.25) is 0 Å². The molecular weight excluding hydrogens is 965 g/mol. The standard InChI is InChI=1S/C47H59F2N11O13/c48-47(49)21-34(22-50)60(31-47)41(64)24-54-46(71)36-9-11-52-45-35(36)3-1-4-37(45)73-20-2-10-51-39(62)29-72-30-40(63)55-33-7-5-32(6-8-33)23-53-38(61)25-56-12-14-57(26-42(65)66)16-18-59(28-44(69)70)19-17-58(15-13-56)27-43(67)68/h1,3-9,11,34H,2,10,12-21,23-31H2,(H,51,62)(H,53,61)(H,54,71)(H,55,63)(H,65,66)(H,67,68)(H,69,70)/t34-/m0/s1. The minimum Gasteiger partial charge on any atom is -0.491 e. The number of amides is 5. The fraction of sp³-hybridized carbons (Fsp3) is 0.489. The molecule has 5 rings (SSSR count). The molecule has 0 spiro atoms. The van der Waals surface area contributed by atoms with E-state index < -0.39 is 86.2 Å². The van der Waals surface area contributed by atoms with Gasteiger partial charge >= 0.3 is 17.9 Å². The number of hydrogen-bond acceptors (Lipinski definition) is 16. The van der Waals surface area contributed by atoms with Crippen LogP contribution in [0.5, 0.6) is 5.75 Å². The number of nitriles is 1. The maximum absolute atomic E-state index is 13.8. The number of halogens is 2. The second-order valence-corrected chi connectivity index (χ2v) is 17.3. The van der Waals surface area contributed by atoms with E-state index >= 15 is 0 Å². The number of carboxylic acids is 3. The maximum Gasteiger partial charge on any atom is 0.317 e. The van der Waals surface area contributed by atoms with Gasteiger partial charge in [-0.3, -0.25) is 62.9 Å². The Morgan fingerprint density at radius 2 is 1.30 bits per heavy atom. The zero-order valence-electron chi connectivity index (χ0n) is 39.9. The van der Waals surface area contributed by atoms with Crippen molar-refractivity contribution in [2.24, 2.45) is 0 Å². The van der Waals surface area contributed by atoms with Crippen molar-refractivity contribution < 1.29 is 71.9 Å². The number of aromatic nitrogens is 1. The number of pyridine rings is 1. The summed E-state index contributed by atoms with van der Waals surface area (Å²) in [5.74, 6) is -8.80. The van der Waals surface area contributed by atoms with Gasteiger partial charge in [-0.15, -0.1) is 0 Å². The van der Waals surface area contributed by atoms with Crippen LogP contribution in [0.1, 0.15) is 28.8 Å². The van der Waals surface area contributed by atoms with Gasteiger partial charge < -0.3 is 51.0 Å². The Balaban J connectivity index is 0.982. The van der Waals surface area contributed by atoms with Crippen LogP contribution in [0.15, 0.2) is 54.7 Å². The molecule has 2 aliphatic rings. The smallest absolute Gasteiger partial charge is 0.317 e. The molecule has 0 radical (unpaired) electrons. The number of likely N-dealkylation sites (tertiary alicyclic amines) is 1. The normalized spacial score (nSPS) is 17.1. The fourth-order valence-electron chi connectivity index (χ4n) is 7.93. The van der Waals surface area contributed by atoms with Crippen molar-refractivity contribution in [1.29, 1.82) is 5.26 Å². The van der Waals surface area contributed by atoms with Gasteiger partial charge in [0.1, 0.15) is 30.5 Å². The number of carbonyl (C=O) groups is 8. The van der Waals surface area contributed by atoms with Crippen LogP contribution in [0.3, 0.4) is 0 Å². The van der Waals surface area contributed by atoms with Crippen molar-refractivity contribution >= 4 is 64.0 Å². The van der Waals surface area contributed by atoms with Crippen molar-refractivity contribution in [3.63, 3.8) is 0 Å². The van der Waals surface area contributed by atoms with Gasteiger partial charge in [0.15, 0.2) is 0 Å². The molecule has 2 fully saturated rings. The fourth-order valence-corrected chi connectivity index (χ4v) is 7.93. The number of nitrogens with zero attached hydrogens (tertiary/aromatic N) is 7. The number of ether oxygens (including phenoxy) is 2. The SMILES string of the molecule is N#C[C@@H]1CC(F)(F)CN1C(=O)CNC(=O)c1ccnc2c(OCCCNC(=O)COCC(=O)Nc3ccc(CNC(=O)CN4CCN(CC(=O)O)CCN(CC(=O)O)CCN(CC(=O)O)CC4)cc3)cccc12. The molecule has 2 aliphatic heterocycles. The Bertz CT molecular complexity index is 2450. The lowest BCUT2D eigenvalue weighted by Gasteiger charge is -2.32. The second kappa shape index (κ2) is 28.0. The third kappa shape index (κ3) is 19.3. The first kappa shape index (κ1) is 56.5. The lowest BCUT2D eigenvalue weighted by molar-refractivity contribution is -0.140. The van der Waals surface area contributed by atoms with Gasteiger partial charge in [0.2, 0.25) is 23.6 Å². The van der Waals surface area contributed by atoms with Crippen molar-refractivity contribution in [2.75, 3.05) is 123 Å². The summed E-state index contributed by atoms with van der Waals surface area (Å²) in [7, 11) is 0. The Morgan fingerprint density at radius 3 is 1.88 bits per heavy atom. The Hall–Kier alpha value is -7.44. The number of carboxylic acid groups (broad SMARTS) is 3. The molecule has 0 aliphatic carbocycles. The predicted molar refractivity (Wildman–Crippen MR) is 254 cm³/mol. The average Bonchev–Trinajstić information content (AvgIpc) is 3.67. The van der Waals surface area contributed by atoms with Crippen LogP contribution < -0.4 is 26.0 Å². The highest BCUT2D eigenvalue weighted by Crippen LogP contribution is 2.32. The highest BCUT2D eigenvalue weighted by molar-refractivity contribution is 6.08. The van der Waals surface area contributed by atoms with Gasteiger partial charge in [-0.1, -0.05) is 24.3 Å². The van der Waals surface area contributed by atoms with Gasteiger partial charge in [0, 0.05) is 89.1 Å². The Labute approximate surface area is 418 Å². The van der Waals surface area contributed by atoms with Crippen LogP contribution in [-0.4, -0.2) is 222 Å². The topological polar surface area (TPSA) is 317 Å². The number of aliphatic carboxylic acids is 3. The van der Waals surface area contributed by atoms with Gasteiger partial charge in [-0.25, -0.2) is 8.78 Å². The van der Waals surface area contributed by atoms with Crippen molar-refractivity contribution in [1.82, 2.24) is 45.4 Å². The third-order valence-corrected chi connectivity index (χ3v) is 11.6. The highest BCUT2D eigenvalue weighted by Gasteiger charge is 2.47. The molecule has 394 valence electrons. The van der Waals surface area contributed by atoms with E-state index in [1.165, 1.54) is 12.3 Å². The van der Waals surface area contributed by atoms with Crippen molar-refractivity contribution in [2.45, 2.75) is 31.4 Å². The molecule has 2 saturated heterocycles. The molecule has 24 nitrogen and oxygen atoms in total. The van der Waals surface area contributed by atoms with Gasteiger partial charge in [-0.2, -0.15) is 5.26 Å². The molecule has 0 unspecified atom stereocenters. The number of fused-ring (bicyclic) bond motifs is 1. The molecule has 3 aromatic rings. The highest BCUT2D eigenvalue weighted by atomic mass is 19.3. The van der Waals surface area contributed by atoms with E-state index in [2.05, 4.69) is 26.3 Å². The van der Waals surface area contributed by atoms with E-state index in [1.54, 1.807) is 63.2 Å². The number of carbonyl (C=O) groups excluding carboxylic acids is 5. The predicted octanol–water partition coefficient (Wildman–Crippen LogP) is -0.644. The zero-order chi connectivity index (χ0) is 52.9. The first-order chi connectivity index (χ1) is 34.9. The third-order valence-electron chi connectivity index (χ3n) is 11.6. The minimum atomic E-state index is -3.19. The number of anilines is 1. The van der Waals surface area contributed by atoms with Gasteiger partial charge in [0.25, 0.3) is 11.8 Å². The minimum absolute atomic E-state index is 0.0533. The molecule has 0 saturated carbocycles. The second-order valence-electron chi connectivity index (χ2n) is 17.3. The molecule has 5 amide bonds. The van der Waals surface area contributed by atoms with Crippen LogP contribution in [-0.2, 0) is 44.8 Å². The zero-order valence-corrected chi connectivity index (χ0v) is 39.9. The van der Waals surface area contributed by atoms with E-state index in [0.29, 0.717) is 47.4 Å². The number of rotatable bonds is 23.